The first kappa shape index (κ1) is 29.7. The number of rotatable bonds is 10. The van der Waals surface area contributed by atoms with Crippen LogP contribution < -0.4 is 10.1 Å². The van der Waals surface area contributed by atoms with Gasteiger partial charge in [-0.25, -0.2) is 9.97 Å². The Balaban J connectivity index is 1.28. The minimum atomic E-state index is -4.56. The molecule has 3 aromatic rings. The molecule has 222 valence electrons. The monoisotopic (exact) mass is 581 g/mol. The van der Waals surface area contributed by atoms with Crippen LogP contribution in [0.2, 0.25) is 0 Å². The summed E-state index contributed by atoms with van der Waals surface area (Å²) in [5.74, 6) is 0.272. The molecule has 0 atom stereocenters. The average molecular weight is 582 g/mol. The summed E-state index contributed by atoms with van der Waals surface area (Å²) in [6, 6.07) is 10.3. The van der Waals surface area contributed by atoms with Gasteiger partial charge in [0.25, 0.3) is 5.91 Å². The van der Waals surface area contributed by atoms with E-state index in [2.05, 4.69) is 27.1 Å². The lowest BCUT2D eigenvalue weighted by molar-refractivity contribution is -0.138. The van der Waals surface area contributed by atoms with Gasteiger partial charge >= 0.3 is 6.18 Å². The van der Waals surface area contributed by atoms with Gasteiger partial charge < -0.3 is 15.0 Å². The number of ether oxygens (including phenoxy) is 1. The first-order valence-electron chi connectivity index (χ1n) is 14.2. The molecule has 11 heteroatoms. The summed E-state index contributed by atoms with van der Waals surface area (Å²) >= 11 is 0. The molecule has 5 rings (SSSR count). The van der Waals surface area contributed by atoms with E-state index in [-0.39, 0.29) is 47.4 Å². The second kappa shape index (κ2) is 12.6. The Morgan fingerprint density at radius 2 is 1.74 bits per heavy atom. The summed E-state index contributed by atoms with van der Waals surface area (Å²) in [5.41, 5.74) is 0.959. The molecule has 1 aliphatic carbocycles. The van der Waals surface area contributed by atoms with E-state index >= 15 is 0 Å². The number of piperazine rings is 1. The lowest BCUT2D eigenvalue weighted by Gasteiger charge is -2.34. The van der Waals surface area contributed by atoms with Gasteiger partial charge in [0.15, 0.2) is 0 Å². The molecule has 8 nitrogen and oxygen atoms in total. The van der Waals surface area contributed by atoms with Crippen molar-refractivity contribution in [2.45, 2.75) is 45.8 Å². The Labute approximate surface area is 242 Å². The minimum absolute atomic E-state index is 0.0516. The maximum absolute atomic E-state index is 14.0. The van der Waals surface area contributed by atoms with Gasteiger partial charge in [-0.15, -0.1) is 0 Å². The van der Waals surface area contributed by atoms with Gasteiger partial charge in [0, 0.05) is 62.4 Å². The molecular formula is C31H34F3N5O3. The first-order chi connectivity index (χ1) is 20.1. The van der Waals surface area contributed by atoms with Gasteiger partial charge in [0.2, 0.25) is 5.88 Å². The van der Waals surface area contributed by atoms with Gasteiger partial charge in [-0.05, 0) is 61.7 Å². The molecule has 2 heterocycles. The van der Waals surface area contributed by atoms with E-state index < -0.39 is 17.6 Å². The Morgan fingerprint density at radius 1 is 1.00 bits per heavy atom. The van der Waals surface area contributed by atoms with Crippen LogP contribution in [0, 0.1) is 12.8 Å². The molecule has 1 saturated carbocycles. The molecule has 0 radical (unpaired) electrons. The van der Waals surface area contributed by atoms with E-state index in [1.807, 2.05) is 4.90 Å². The van der Waals surface area contributed by atoms with Crippen molar-refractivity contribution in [3.05, 3.63) is 76.7 Å². The van der Waals surface area contributed by atoms with Crippen LogP contribution in [0.3, 0.4) is 0 Å². The number of ketones is 1. The van der Waals surface area contributed by atoms with Crippen molar-refractivity contribution in [3.63, 3.8) is 0 Å². The summed E-state index contributed by atoms with van der Waals surface area (Å²) in [7, 11) is 0. The molecule has 42 heavy (non-hydrogen) atoms. The fraction of sp³-hybridized carbons (Fsp3) is 0.419. The molecule has 2 aromatic carbocycles. The molecule has 2 fully saturated rings. The van der Waals surface area contributed by atoms with E-state index in [1.54, 1.807) is 25.1 Å². The summed E-state index contributed by atoms with van der Waals surface area (Å²) < 4.78 is 48.0. The predicted molar refractivity (Wildman–Crippen MR) is 152 cm³/mol. The summed E-state index contributed by atoms with van der Waals surface area (Å²) in [4.78, 5) is 37.8. The number of aryl methyl sites for hydroxylation is 1. The van der Waals surface area contributed by atoms with Crippen LogP contribution >= 0.6 is 0 Å². The quantitative estimate of drug-likeness (QED) is 0.338. The third kappa shape index (κ3) is 7.51. The number of carbonyl (C=O) groups excluding carboxylic acids is 2. The van der Waals surface area contributed by atoms with Crippen LogP contribution in [0.25, 0.3) is 0 Å². The molecule has 1 saturated heterocycles. The number of likely N-dealkylation sites (N-methyl/N-ethyl adjacent to an activating group) is 1. The second-order valence-corrected chi connectivity index (χ2v) is 10.9. The van der Waals surface area contributed by atoms with Crippen molar-refractivity contribution >= 4 is 17.4 Å². The minimum Gasteiger partial charge on any atom is -0.439 e. The van der Waals surface area contributed by atoms with Crippen molar-refractivity contribution in [2.75, 3.05) is 38.0 Å². The number of halogens is 3. The van der Waals surface area contributed by atoms with Crippen molar-refractivity contribution in [2.24, 2.45) is 5.92 Å². The van der Waals surface area contributed by atoms with Crippen LogP contribution in [0.4, 0.5) is 18.9 Å². The molecule has 1 amide bonds. The lowest BCUT2D eigenvalue weighted by atomic mass is 10.0. The van der Waals surface area contributed by atoms with Gasteiger partial charge in [-0.2, -0.15) is 13.2 Å². The highest BCUT2D eigenvalue weighted by molar-refractivity contribution is 6.04. The lowest BCUT2D eigenvalue weighted by Crippen LogP contribution is -2.45. The summed E-state index contributed by atoms with van der Waals surface area (Å²) in [6.45, 7) is 8.05. The van der Waals surface area contributed by atoms with E-state index in [0.29, 0.717) is 24.5 Å². The molecule has 2 aliphatic rings. The van der Waals surface area contributed by atoms with Crippen molar-refractivity contribution in [3.8, 4) is 11.6 Å². The van der Waals surface area contributed by atoms with Gasteiger partial charge in [-0.1, -0.05) is 19.1 Å². The zero-order valence-electron chi connectivity index (χ0n) is 23.7. The Morgan fingerprint density at radius 3 is 2.43 bits per heavy atom. The Kier molecular flexibility index (Phi) is 8.88. The van der Waals surface area contributed by atoms with Crippen LogP contribution in [-0.2, 0) is 23.9 Å². The molecule has 0 spiro atoms. The molecule has 1 aromatic heterocycles. The topological polar surface area (TPSA) is 87.7 Å². The molecule has 0 unspecified atom stereocenters. The predicted octanol–water partition coefficient (Wildman–Crippen LogP) is 5.51. The number of amides is 1. The highest BCUT2D eigenvalue weighted by atomic mass is 19.4. The summed E-state index contributed by atoms with van der Waals surface area (Å²) in [6.07, 6.45) is -1.20. The molecule has 1 N–H and O–H groups in total. The Bertz CT molecular complexity index is 1450. The fourth-order valence-corrected chi connectivity index (χ4v) is 4.99. The maximum Gasteiger partial charge on any atom is 0.416 e. The van der Waals surface area contributed by atoms with Crippen LogP contribution in [-0.4, -0.2) is 64.2 Å². The van der Waals surface area contributed by atoms with E-state index in [0.717, 1.165) is 44.1 Å². The maximum atomic E-state index is 14.0. The van der Waals surface area contributed by atoms with Gasteiger partial charge in [0.05, 0.1) is 11.3 Å². The first-order valence-corrected chi connectivity index (χ1v) is 14.2. The highest BCUT2D eigenvalue weighted by Gasteiger charge is 2.34. The number of alkyl halides is 3. The van der Waals surface area contributed by atoms with Crippen LogP contribution in [0.1, 0.15) is 52.5 Å². The number of anilines is 1. The van der Waals surface area contributed by atoms with E-state index in [1.165, 1.54) is 24.5 Å². The second-order valence-electron chi connectivity index (χ2n) is 10.9. The summed E-state index contributed by atoms with van der Waals surface area (Å²) in [5, 5.41) is 2.59. The number of aromatic nitrogens is 2. The van der Waals surface area contributed by atoms with Crippen LogP contribution in [0.5, 0.6) is 11.6 Å². The third-order valence-electron chi connectivity index (χ3n) is 7.73. The average Bonchev–Trinajstić information content (AvgIpc) is 3.81. The largest absolute Gasteiger partial charge is 0.439 e. The van der Waals surface area contributed by atoms with Crippen molar-refractivity contribution in [1.29, 1.82) is 0 Å². The highest BCUT2D eigenvalue weighted by Crippen LogP contribution is 2.35. The van der Waals surface area contributed by atoms with Crippen LogP contribution in [0.15, 0.2) is 48.8 Å². The Hall–Kier alpha value is -3.83. The van der Waals surface area contributed by atoms with Gasteiger partial charge in [0.1, 0.15) is 17.9 Å². The van der Waals surface area contributed by atoms with Crippen molar-refractivity contribution < 1.29 is 27.5 Å². The smallest absolute Gasteiger partial charge is 0.416 e. The molecule has 0 bridgehead atoms. The standard InChI is InChI=1S/C31H34F3N5O3/c1-3-38-10-12-39(13-11-38)18-23-8-9-24(15-26(23)31(32,33)34)37-30(41)22-5-4-20(2)28(14-22)42-29-17-25(35-19-36-29)16-27(40)21-6-7-21/h4-5,8-9,14-15,17,19,21H,3,6-7,10-13,16,18H2,1-2H3,(H,37,41). The number of hydrogen-bond acceptors (Lipinski definition) is 7. The van der Waals surface area contributed by atoms with Gasteiger partial charge in [-0.3, -0.25) is 14.5 Å². The number of nitrogens with zero attached hydrogens (tertiary/aromatic N) is 4. The molecule has 1 aliphatic heterocycles. The molecular weight excluding hydrogens is 547 g/mol. The van der Waals surface area contributed by atoms with E-state index in [4.69, 9.17) is 4.74 Å². The number of nitrogens with one attached hydrogen (secondary N) is 1. The number of benzene rings is 2. The van der Waals surface area contributed by atoms with E-state index in [9.17, 15) is 22.8 Å². The number of carbonyl (C=O) groups is 2. The number of hydrogen-bond donors (Lipinski definition) is 1. The third-order valence-corrected chi connectivity index (χ3v) is 7.73. The SMILES string of the molecule is CCN1CCN(Cc2ccc(NC(=O)c3ccc(C)c(Oc4cc(CC(=O)C5CC5)ncn4)c3)cc2C(F)(F)F)CC1. The fourth-order valence-electron chi connectivity index (χ4n) is 4.99. The number of Topliss-reactive ketones (excluding diaryl/α,β-unsaturated/α-hetero) is 1. The normalized spacial score (nSPS) is 16.3. The van der Waals surface area contributed by atoms with Crippen molar-refractivity contribution in [1.82, 2.24) is 19.8 Å². The zero-order valence-corrected chi connectivity index (χ0v) is 23.7. The zero-order chi connectivity index (χ0) is 29.9.